The summed E-state index contributed by atoms with van der Waals surface area (Å²) in [7, 11) is 0. The Morgan fingerprint density at radius 3 is 2.64 bits per heavy atom. The molecule has 1 aliphatic heterocycles. The monoisotopic (exact) mass is 380 g/mol. The van der Waals surface area contributed by atoms with E-state index in [0.717, 1.165) is 25.9 Å². The average molecular weight is 380 g/mol. The zero-order valence-corrected chi connectivity index (χ0v) is 15.0. The predicted molar refractivity (Wildman–Crippen MR) is 96.2 cm³/mol. The summed E-state index contributed by atoms with van der Waals surface area (Å²) >= 11 is 2.67. The Kier molecular flexibility index (Phi) is 5.98. The van der Waals surface area contributed by atoms with Crippen LogP contribution < -0.4 is 5.32 Å². The van der Waals surface area contributed by atoms with Crippen molar-refractivity contribution in [2.75, 3.05) is 24.2 Å². The molecular formula is C16H17FN4O2S2. The summed E-state index contributed by atoms with van der Waals surface area (Å²) in [5.74, 6) is 0.365. The maximum atomic E-state index is 12.9. The zero-order chi connectivity index (χ0) is 17.6. The minimum atomic E-state index is -0.381. The number of rotatable bonds is 6. The summed E-state index contributed by atoms with van der Waals surface area (Å²) in [5, 5.41) is 11.5. The van der Waals surface area contributed by atoms with Gasteiger partial charge in [0.05, 0.1) is 5.75 Å². The van der Waals surface area contributed by atoms with Crippen molar-refractivity contribution in [3.05, 3.63) is 40.1 Å². The molecule has 1 aromatic carbocycles. The lowest BCUT2D eigenvalue weighted by Crippen LogP contribution is -2.29. The van der Waals surface area contributed by atoms with Crippen LogP contribution in [0, 0.1) is 5.82 Å². The molecule has 1 saturated heterocycles. The van der Waals surface area contributed by atoms with Crippen molar-refractivity contribution in [2.45, 2.75) is 18.6 Å². The lowest BCUT2D eigenvalue weighted by atomic mass is 10.3. The second-order valence-corrected chi connectivity index (χ2v) is 7.59. The van der Waals surface area contributed by atoms with Gasteiger partial charge in [0, 0.05) is 24.5 Å². The number of amides is 2. The molecule has 0 unspecified atom stereocenters. The molecular weight excluding hydrogens is 363 g/mol. The van der Waals surface area contributed by atoms with Crippen LogP contribution in [-0.2, 0) is 10.5 Å². The molecule has 0 saturated carbocycles. The van der Waals surface area contributed by atoms with Crippen LogP contribution >= 0.6 is 23.1 Å². The first kappa shape index (κ1) is 17.8. The molecule has 0 radical (unpaired) electrons. The van der Waals surface area contributed by atoms with Gasteiger partial charge in [0.15, 0.2) is 0 Å². The number of carbonyl (C=O) groups is 2. The normalized spacial score (nSPS) is 13.9. The van der Waals surface area contributed by atoms with Gasteiger partial charge in [0.25, 0.3) is 5.91 Å². The minimum absolute atomic E-state index is 0.154. The van der Waals surface area contributed by atoms with Gasteiger partial charge < -0.3 is 10.2 Å². The van der Waals surface area contributed by atoms with Gasteiger partial charge in [-0.25, -0.2) is 4.39 Å². The van der Waals surface area contributed by atoms with E-state index < -0.39 is 0 Å². The van der Waals surface area contributed by atoms with Crippen LogP contribution in [0.5, 0.6) is 0 Å². The zero-order valence-electron chi connectivity index (χ0n) is 13.4. The van der Waals surface area contributed by atoms with Gasteiger partial charge in [0.2, 0.25) is 10.9 Å². The minimum Gasteiger partial charge on any atom is -0.342 e. The molecule has 0 bridgehead atoms. The maximum absolute atomic E-state index is 12.9. The molecule has 25 heavy (non-hydrogen) atoms. The first-order valence-electron chi connectivity index (χ1n) is 7.86. The fourth-order valence-electron chi connectivity index (χ4n) is 2.40. The Labute approximate surface area is 152 Å². The third kappa shape index (κ3) is 4.99. The lowest BCUT2D eigenvalue weighted by molar-refractivity contribution is -0.127. The molecule has 1 aromatic heterocycles. The van der Waals surface area contributed by atoms with Crippen LogP contribution in [0.15, 0.2) is 24.3 Å². The topological polar surface area (TPSA) is 75.2 Å². The quantitative estimate of drug-likeness (QED) is 0.834. The van der Waals surface area contributed by atoms with E-state index in [-0.39, 0.29) is 22.6 Å². The summed E-state index contributed by atoms with van der Waals surface area (Å²) in [6.07, 6.45) is 2.17. The first-order chi connectivity index (χ1) is 12.1. The Bertz CT molecular complexity index is 745. The van der Waals surface area contributed by atoms with Crippen molar-refractivity contribution in [1.82, 2.24) is 15.1 Å². The number of carbonyl (C=O) groups excluding carboxylic acids is 2. The molecule has 2 aromatic rings. The van der Waals surface area contributed by atoms with Gasteiger partial charge in [-0.1, -0.05) is 11.3 Å². The number of hydrogen-bond acceptors (Lipinski definition) is 6. The predicted octanol–water partition coefficient (Wildman–Crippen LogP) is 2.79. The fraction of sp³-hybridized carbons (Fsp3) is 0.375. The van der Waals surface area contributed by atoms with Crippen LogP contribution in [0.3, 0.4) is 0 Å². The van der Waals surface area contributed by atoms with Gasteiger partial charge in [0.1, 0.15) is 10.8 Å². The highest BCUT2D eigenvalue weighted by Crippen LogP contribution is 2.19. The summed E-state index contributed by atoms with van der Waals surface area (Å²) in [6, 6.07) is 5.51. The largest absolute Gasteiger partial charge is 0.342 e. The second kappa shape index (κ2) is 8.39. The third-order valence-corrected chi connectivity index (χ3v) is 5.71. The Morgan fingerprint density at radius 1 is 1.20 bits per heavy atom. The number of anilines is 1. The van der Waals surface area contributed by atoms with E-state index in [0.29, 0.717) is 22.2 Å². The van der Waals surface area contributed by atoms with E-state index in [1.54, 1.807) is 0 Å². The highest BCUT2D eigenvalue weighted by Gasteiger charge is 2.18. The van der Waals surface area contributed by atoms with Gasteiger partial charge >= 0.3 is 0 Å². The van der Waals surface area contributed by atoms with E-state index in [9.17, 15) is 14.0 Å². The van der Waals surface area contributed by atoms with E-state index in [1.165, 1.54) is 47.4 Å². The number of benzene rings is 1. The van der Waals surface area contributed by atoms with Crippen molar-refractivity contribution < 1.29 is 14.0 Å². The highest BCUT2D eigenvalue weighted by molar-refractivity contribution is 7.99. The third-order valence-electron chi connectivity index (χ3n) is 3.67. The van der Waals surface area contributed by atoms with Gasteiger partial charge in [-0.15, -0.1) is 22.0 Å². The number of nitrogens with one attached hydrogen (secondary N) is 1. The molecule has 0 aliphatic carbocycles. The number of hydrogen-bond donors (Lipinski definition) is 1. The molecule has 132 valence electrons. The van der Waals surface area contributed by atoms with Crippen LogP contribution in [0.4, 0.5) is 10.1 Å². The molecule has 3 rings (SSSR count). The van der Waals surface area contributed by atoms with Crippen LogP contribution in [0.25, 0.3) is 0 Å². The SMILES string of the molecule is O=C(Nc1ccc(F)cc1)c1nnc(CSCC(=O)N2CCCC2)s1. The number of halogens is 1. The Morgan fingerprint density at radius 2 is 1.92 bits per heavy atom. The Hall–Kier alpha value is -2.00. The number of nitrogens with zero attached hydrogens (tertiary/aromatic N) is 3. The van der Waals surface area contributed by atoms with Crippen molar-refractivity contribution in [1.29, 1.82) is 0 Å². The first-order valence-corrected chi connectivity index (χ1v) is 9.84. The van der Waals surface area contributed by atoms with Gasteiger partial charge in [-0.05, 0) is 37.1 Å². The maximum Gasteiger partial charge on any atom is 0.286 e. The molecule has 6 nitrogen and oxygen atoms in total. The van der Waals surface area contributed by atoms with Crippen LogP contribution in [0.2, 0.25) is 0 Å². The summed E-state index contributed by atoms with van der Waals surface area (Å²) in [5.41, 5.74) is 0.494. The van der Waals surface area contributed by atoms with Crippen molar-refractivity contribution in [3.63, 3.8) is 0 Å². The highest BCUT2D eigenvalue weighted by atomic mass is 32.2. The lowest BCUT2D eigenvalue weighted by Gasteiger charge is -2.14. The van der Waals surface area contributed by atoms with Gasteiger partial charge in [-0.3, -0.25) is 9.59 Å². The second-order valence-electron chi connectivity index (χ2n) is 5.54. The molecule has 1 aliphatic rings. The molecule has 0 atom stereocenters. The van der Waals surface area contributed by atoms with E-state index >= 15 is 0 Å². The molecule has 1 fully saturated rings. The molecule has 2 amide bonds. The van der Waals surface area contributed by atoms with Crippen LogP contribution in [-0.4, -0.2) is 45.8 Å². The molecule has 2 heterocycles. The molecule has 0 spiro atoms. The van der Waals surface area contributed by atoms with Crippen molar-refractivity contribution in [3.8, 4) is 0 Å². The molecule has 9 heteroatoms. The van der Waals surface area contributed by atoms with Crippen molar-refractivity contribution >= 4 is 40.6 Å². The summed E-state index contributed by atoms with van der Waals surface area (Å²) < 4.78 is 12.9. The van der Waals surface area contributed by atoms with Crippen molar-refractivity contribution in [2.24, 2.45) is 0 Å². The average Bonchev–Trinajstić information content (AvgIpc) is 3.28. The standard InChI is InChI=1S/C16H17FN4O2S2/c17-11-3-5-12(6-4-11)18-15(23)16-20-19-13(25-16)9-24-10-14(22)21-7-1-2-8-21/h3-6H,1-2,7-10H2,(H,18,23). The molecule has 1 N–H and O–H groups in total. The van der Waals surface area contributed by atoms with E-state index in [1.807, 2.05) is 4.90 Å². The van der Waals surface area contributed by atoms with E-state index in [4.69, 9.17) is 0 Å². The summed E-state index contributed by atoms with van der Waals surface area (Å²) in [6.45, 7) is 1.71. The Balaban J connectivity index is 1.47. The number of aromatic nitrogens is 2. The smallest absolute Gasteiger partial charge is 0.286 e. The fourth-order valence-corrected chi connectivity index (χ4v) is 4.11. The van der Waals surface area contributed by atoms with Crippen LogP contribution in [0.1, 0.15) is 27.7 Å². The summed E-state index contributed by atoms with van der Waals surface area (Å²) in [4.78, 5) is 25.9. The number of thioether (sulfide) groups is 1. The van der Waals surface area contributed by atoms with E-state index in [2.05, 4.69) is 15.5 Å². The van der Waals surface area contributed by atoms with Gasteiger partial charge in [-0.2, -0.15) is 0 Å². The number of likely N-dealkylation sites (tertiary alicyclic amines) is 1.